The summed E-state index contributed by atoms with van der Waals surface area (Å²) in [7, 11) is 0. The number of hydrogen-bond acceptors (Lipinski definition) is 7. The molecular formula is C14H13F4N5O5. The molecule has 0 spiro atoms. The van der Waals surface area contributed by atoms with Gasteiger partial charge in [-0.05, 0) is 0 Å². The molecule has 28 heavy (non-hydrogen) atoms. The molecule has 2 aromatic heterocycles. The van der Waals surface area contributed by atoms with Crippen molar-refractivity contribution in [1.29, 1.82) is 0 Å². The van der Waals surface area contributed by atoms with Crippen molar-refractivity contribution in [3.63, 3.8) is 0 Å². The van der Waals surface area contributed by atoms with Gasteiger partial charge in [-0.15, -0.1) is 6.42 Å². The van der Waals surface area contributed by atoms with Crippen LogP contribution in [0.3, 0.4) is 0 Å². The molecule has 5 N–H and O–H groups in total. The molecule has 0 amide bonds. The molecule has 14 heteroatoms. The summed E-state index contributed by atoms with van der Waals surface area (Å²) in [5.74, 6) is 1.64. The second-order valence-corrected chi connectivity index (χ2v) is 5.98. The number of alkyl halides is 4. The Balaban J connectivity index is 2.19. The molecule has 3 heterocycles. The molecule has 0 radical (unpaired) electrons. The van der Waals surface area contributed by atoms with Gasteiger partial charge < -0.3 is 20.7 Å². The minimum atomic E-state index is -5.24. The number of aromatic nitrogens is 4. The normalized spacial score (nSPS) is 26.5. The van der Waals surface area contributed by atoms with Gasteiger partial charge in [0, 0.05) is 0 Å². The van der Waals surface area contributed by atoms with E-state index < -0.39 is 71.8 Å². The first-order valence-electron chi connectivity index (χ1n) is 7.65. The Labute approximate surface area is 152 Å². The number of nitrogen functional groups attached to an aromatic ring is 1. The fourth-order valence-electron chi connectivity index (χ4n) is 2.98. The van der Waals surface area contributed by atoms with Crippen molar-refractivity contribution in [1.82, 2.24) is 19.1 Å². The van der Waals surface area contributed by atoms with Gasteiger partial charge in [0.15, 0.2) is 29.7 Å². The molecule has 1 aliphatic heterocycles. The van der Waals surface area contributed by atoms with Crippen LogP contribution in [0.25, 0.3) is 11.2 Å². The van der Waals surface area contributed by atoms with Crippen molar-refractivity contribution < 1.29 is 32.5 Å². The first-order valence-corrected chi connectivity index (χ1v) is 7.65. The number of aliphatic hydroxyl groups is 2. The van der Waals surface area contributed by atoms with Gasteiger partial charge in [-0.1, -0.05) is 5.92 Å². The van der Waals surface area contributed by atoms with E-state index in [2.05, 4.69) is 15.9 Å². The summed E-state index contributed by atoms with van der Waals surface area (Å²) in [5, 5.41) is 19.3. The lowest BCUT2D eigenvalue weighted by Gasteiger charge is -2.22. The third-order valence-electron chi connectivity index (χ3n) is 4.21. The minimum Gasteiger partial charge on any atom is -0.385 e. The van der Waals surface area contributed by atoms with Crippen LogP contribution < -0.4 is 17.0 Å². The molecule has 152 valence electrons. The van der Waals surface area contributed by atoms with E-state index in [1.54, 1.807) is 0 Å². The second-order valence-electron chi connectivity index (χ2n) is 5.98. The van der Waals surface area contributed by atoms with Crippen molar-refractivity contribution in [2.45, 2.75) is 43.4 Å². The molecule has 3 rings (SSSR count). The van der Waals surface area contributed by atoms with E-state index in [1.165, 1.54) is 0 Å². The molecule has 0 aromatic carbocycles. The van der Waals surface area contributed by atoms with E-state index in [-0.39, 0.29) is 0 Å². The topological polar surface area (TPSA) is 148 Å². The number of hydrogen-bond donors (Lipinski definition) is 4. The van der Waals surface area contributed by atoms with Gasteiger partial charge in [-0.25, -0.2) is 13.8 Å². The summed E-state index contributed by atoms with van der Waals surface area (Å²) < 4.78 is 58.5. The van der Waals surface area contributed by atoms with Crippen LogP contribution in [0.15, 0.2) is 9.59 Å². The van der Waals surface area contributed by atoms with Crippen LogP contribution in [-0.2, 0) is 11.3 Å². The standard InChI is InChI=1S/C14H13F4N5O5/c1-2-3-22-5-9(20-12(19)21-10(5)26)23(13(22)27)11-6(24)4(15)7(28-11)8(25)14(16,17)18/h1,4,6-8,11,24-25H,3H2,(H3,19,20,21,26)/t4-,6-,7+,8?,11-/m1/s1. The lowest BCUT2D eigenvalue weighted by Crippen LogP contribution is -2.44. The van der Waals surface area contributed by atoms with E-state index >= 15 is 0 Å². The van der Waals surface area contributed by atoms with E-state index in [9.17, 15) is 37.4 Å². The number of nitrogens with two attached hydrogens (primary N) is 1. The number of aliphatic hydroxyl groups excluding tert-OH is 2. The fourth-order valence-corrected chi connectivity index (χ4v) is 2.98. The van der Waals surface area contributed by atoms with Crippen molar-refractivity contribution in [2.24, 2.45) is 0 Å². The highest BCUT2D eigenvalue weighted by Gasteiger charge is 2.56. The van der Waals surface area contributed by atoms with Crippen molar-refractivity contribution in [3.8, 4) is 12.3 Å². The Hall–Kier alpha value is -2.89. The number of aromatic amines is 1. The van der Waals surface area contributed by atoms with Gasteiger partial charge in [-0.2, -0.15) is 18.2 Å². The van der Waals surface area contributed by atoms with Crippen LogP contribution in [0.4, 0.5) is 23.5 Å². The lowest BCUT2D eigenvalue weighted by molar-refractivity contribution is -0.241. The molecular weight excluding hydrogens is 394 g/mol. The van der Waals surface area contributed by atoms with Gasteiger partial charge >= 0.3 is 11.9 Å². The maximum Gasteiger partial charge on any atom is 0.417 e. The second kappa shape index (κ2) is 6.62. The third kappa shape index (κ3) is 2.93. The summed E-state index contributed by atoms with van der Waals surface area (Å²) in [4.78, 5) is 30.6. The number of rotatable bonds is 3. The lowest BCUT2D eigenvalue weighted by atomic mass is 10.1. The molecule has 0 saturated carbocycles. The Morgan fingerprint density at radius 2 is 2.07 bits per heavy atom. The predicted molar refractivity (Wildman–Crippen MR) is 84.7 cm³/mol. The molecule has 2 aromatic rings. The maximum absolute atomic E-state index is 14.2. The smallest absolute Gasteiger partial charge is 0.385 e. The van der Waals surface area contributed by atoms with E-state index in [0.29, 0.717) is 4.57 Å². The molecule has 1 unspecified atom stereocenters. The molecule has 10 nitrogen and oxygen atoms in total. The van der Waals surface area contributed by atoms with Crippen LogP contribution in [-0.4, -0.2) is 60.0 Å². The van der Waals surface area contributed by atoms with Gasteiger partial charge in [-0.3, -0.25) is 14.3 Å². The predicted octanol–water partition coefficient (Wildman–Crippen LogP) is -1.38. The Morgan fingerprint density at radius 3 is 2.64 bits per heavy atom. The number of H-pyrrole nitrogens is 1. The molecule has 0 bridgehead atoms. The summed E-state index contributed by atoms with van der Waals surface area (Å²) >= 11 is 0. The van der Waals surface area contributed by atoms with Crippen molar-refractivity contribution >= 4 is 17.1 Å². The van der Waals surface area contributed by atoms with Gasteiger partial charge in [0.05, 0.1) is 6.54 Å². The highest BCUT2D eigenvalue weighted by molar-refractivity contribution is 5.72. The third-order valence-corrected chi connectivity index (χ3v) is 4.21. The Kier molecular flexibility index (Phi) is 4.69. The van der Waals surface area contributed by atoms with E-state index in [4.69, 9.17) is 16.9 Å². The average Bonchev–Trinajstić information content (AvgIpc) is 3.02. The number of ether oxygens (including phenoxy) is 1. The average molecular weight is 407 g/mol. The first-order chi connectivity index (χ1) is 13.0. The van der Waals surface area contributed by atoms with E-state index in [1.807, 2.05) is 0 Å². The number of fused-ring (bicyclic) bond motifs is 1. The highest BCUT2D eigenvalue weighted by Crippen LogP contribution is 2.37. The summed E-state index contributed by atoms with van der Waals surface area (Å²) in [6, 6.07) is 0. The SMILES string of the molecule is C#CCn1c(=O)n([C@@H]2O[C@H](C(O)C(F)(F)F)[C@H](F)[C@H]2O)c2nc(N)[nH]c(=O)c21. The van der Waals surface area contributed by atoms with Crippen LogP contribution >= 0.6 is 0 Å². The summed E-state index contributed by atoms with van der Waals surface area (Å²) in [6.45, 7) is -0.437. The number of nitrogens with zero attached hydrogens (tertiary/aromatic N) is 3. The van der Waals surface area contributed by atoms with Crippen LogP contribution in [0.1, 0.15) is 6.23 Å². The van der Waals surface area contributed by atoms with E-state index in [0.717, 1.165) is 4.57 Å². The molecule has 1 fully saturated rings. The molecule has 1 aliphatic rings. The van der Waals surface area contributed by atoms with Crippen LogP contribution in [0.2, 0.25) is 0 Å². The zero-order chi connectivity index (χ0) is 21.0. The fraction of sp³-hybridized carbons (Fsp3) is 0.500. The number of halogens is 4. The van der Waals surface area contributed by atoms with Crippen molar-refractivity contribution in [3.05, 3.63) is 20.8 Å². The Morgan fingerprint density at radius 1 is 1.43 bits per heavy atom. The summed E-state index contributed by atoms with van der Waals surface area (Å²) in [5.41, 5.74) is 2.54. The zero-order valence-corrected chi connectivity index (χ0v) is 13.7. The number of terminal acetylenes is 1. The largest absolute Gasteiger partial charge is 0.417 e. The van der Waals surface area contributed by atoms with Crippen LogP contribution in [0.5, 0.6) is 0 Å². The number of imidazole rings is 1. The highest BCUT2D eigenvalue weighted by atomic mass is 19.4. The Bertz CT molecular complexity index is 1070. The zero-order valence-electron chi connectivity index (χ0n) is 13.7. The number of anilines is 1. The van der Waals surface area contributed by atoms with Crippen LogP contribution in [0, 0.1) is 12.3 Å². The van der Waals surface area contributed by atoms with Crippen molar-refractivity contribution in [2.75, 3.05) is 5.73 Å². The maximum atomic E-state index is 14.2. The van der Waals surface area contributed by atoms with Gasteiger partial charge in [0.25, 0.3) is 5.56 Å². The molecule has 0 aliphatic carbocycles. The quantitative estimate of drug-likeness (QED) is 0.362. The van der Waals surface area contributed by atoms with Gasteiger partial charge in [0.1, 0.15) is 12.2 Å². The monoisotopic (exact) mass is 407 g/mol. The van der Waals surface area contributed by atoms with Gasteiger partial charge in [0.2, 0.25) is 5.95 Å². The molecule has 1 saturated heterocycles. The molecule has 5 atom stereocenters. The minimum absolute atomic E-state index is 0.400. The first kappa shape index (κ1) is 19.9. The number of nitrogens with one attached hydrogen (secondary N) is 1. The summed E-state index contributed by atoms with van der Waals surface area (Å²) in [6.07, 6.45) is -12.9.